The van der Waals surface area contributed by atoms with Gasteiger partial charge in [-0.2, -0.15) is 0 Å². The summed E-state index contributed by atoms with van der Waals surface area (Å²) in [5.41, 5.74) is 7.45. The molecule has 3 aromatic carbocycles. The van der Waals surface area contributed by atoms with Crippen molar-refractivity contribution in [3.8, 4) is 22.9 Å². The summed E-state index contributed by atoms with van der Waals surface area (Å²) in [5, 5.41) is 0. The van der Waals surface area contributed by atoms with E-state index in [2.05, 4.69) is 14.7 Å². The van der Waals surface area contributed by atoms with Crippen molar-refractivity contribution >= 4 is 32.8 Å². The van der Waals surface area contributed by atoms with Crippen molar-refractivity contribution in [2.24, 2.45) is 5.73 Å². The first-order valence-electron chi connectivity index (χ1n) is 9.08. The normalized spacial score (nSPS) is 11.3. The lowest BCUT2D eigenvalue weighted by Gasteiger charge is -2.09. The van der Waals surface area contributed by atoms with Gasteiger partial charge in [0.1, 0.15) is 17.3 Å². The standard InChI is InChI=1S/C21H18N4O5S/c1-29-15-6-4-14(5-7-15)25-31(27,28)17-9-2-13(3-10-17)20-23-18-11-8-16(30-21(22)26)12-19(18)24-20/h2-12,25H,1H3,(H2,22,26)(H,23,24). The number of ether oxygens (including phenoxy) is 2. The summed E-state index contributed by atoms with van der Waals surface area (Å²) in [4.78, 5) is 18.6. The van der Waals surface area contributed by atoms with Crippen molar-refractivity contribution in [2.45, 2.75) is 4.90 Å². The fourth-order valence-electron chi connectivity index (χ4n) is 2.97. The number of fused-ring (bicyclic) bond motifs is 1. The van der Waals surface area contributed by atoms with E-state index in [-0.39, 0.29) is 4.90 Å². The van der Waals surface area contributed by atoms with Gasteiger partial charge in [-0.15, -0.1) is 0 Å². The Morgan fingerprint density at radius 3 is 2.32 bits per heavy atom. The van der Waals surface area contributed by atoms with E-state index in [9.17, 15) is 13.2 Å². The zero-order chi connectivity index (χ0) is 22.0. The lowest BCUT2D eigenvalue weighted by molar-refractivity contribution is 0.211. The minimum atomic E-state index is -3.76. The minimum absolute atomic E-state index is 0.111. The van der Waals surface area contributed by atoms with Crippen LogP contribution < -0.4 is 19.9 Å². The zero-order valence-electron chi connectivity index (χ0n) is 16.3. The molecule has 0 saturated carbocycles. The Labute approximate surface area is 177 Å². The van der Waals surface area contributed by atoms with Crippen LogP contribution in [-0.2, 0) is 10.0 Å². The van der Waals surface area contributed by atoms with Gasteiger partial charge in [0.2, 0.25) is 0 Å². The Bertz CT molecular complexity index is 1350. The van der Waals surface area contributed by atoms with E-state index in [1.54, 1.807) is 54.6 Å². The number of nitrogens with zero attached hydrogens (tertiary/aromatic N) is 1. The second-order valence-corrected chi connectivity index (χ2v) is 8.23. The van der Waals surface area contributed by atoms with Crippen LogP contribution in [0, 0.1) is 0 Å². The molecule has 0 spiro atoms. The molecule has 0 unspecified atom stereocenters. The Morgan fingerprint density at radius 2 is 1.68 bits per heavy atom. The molecule has 1 amide bonds. The molecule has 0 saturated heterocycles. The number of aromatic nitrogens is 2. The van der Waals surface area contributed by atoms with Gasteiger partial charge in [0, 0.05) is 17.3 Å². The number of primary amides is 1. The highest BCUT2D eigenvalue weighted by Gasteiger charge is 2.15. The number of imidazole rings is 1. The fraction of sp³-hybridized carbons (Fsp3) is 0.0476. The largest absolute Gasteiger partial charge is 0.497 e. The number of nitrogens with one attached hydrogen (secondary N) is 2. The highest BCUT2D eigenvalue weighted by atomic mass is 32.2. The predicted molar refractivity (Wildman–Crippen MR) is 116 cm³/mol. The highest BCUT2D eigenvalue weighted by molar-refractivity contribution is 7.92. The molecule has 1 heterocycles. The fourth-order valence-corrected chi connectivity index (χ4v) is 4.03. The first kappa shape index (κ1) is 20.2. The third kappa shape index (κ3) is 4.43. The Morgan fingerprint density at radius 1 is 1.00 bits per heavy atom. The van der Waals surface area contributed by atoms with Gasteiger partial charge in [0.15, 0.2) is 0 Å². The number of carbonyl (C=O) groups is 1. The third-order valence-electron chi connectivity index (χ3n) is 4.45. The van der Waals surface area contributed by atoms with Crippen LogP contribution >= 0.6 is 0 Å². The second-order valence-electron chi connectivity index (χ2n) is 6.54. The molecule has 31 heavy (non-hydrogen) atoms. The van der Waals surface area contributed by atoms with Crippen LogP contribution in [0.15, 0.2) is 71.6 Å². The summed E-state index contributed by atoms with van der Waals surface area (Å²) in [6.45, 7) is 0. The van der Waals surface area contributed by atoms with E-state index in [1.807, 2.05) is 0 Å². The van der Waals surface area contributed by atoms with Gasteiger partial charge in [-0.1, -0.05) is 0 Å². The summed E-state index contributed by atoms with van der Waals surface area (Å²) >= 11 is 0. The molecule has 0 fully saturated rings. The summed E-state index contributed by atoms with van der Waals surface area (Å²) in [7, 11) is -2.22. The minimum Gasteiger partial charge on any atom is -0.497 e. The highest BCUT2D eigenvalue weighted by Crippen LogP contribution is 2.26. The summed E-state index contributed by atoms with van der Waals surface area (Å²) in [6, 6.07) is 17.8. The number of amides is 1. The van der Waals surface area contributed by atoms with Crippen LogP contribution in [0.1, 0.15) is 0 Å². The lowest BCUT2D eigenvalue weighted by atomic mass is 10.2. The Kier molecular flexibility index (Phi) is 5.22. The van der Waals surface area contributed by atoms with Gasteiger partial charge in [0.05, 0.1) is 23.0 Å². The number of methoxy groups -OCH3 is 1. The van der Waals surface area contributed by atoms with Gasteiger partial charge in [-0.05, 0) is 60.7 Å². The number of aromatic amines is 1. The van der Waals surface area contributed by atoms with Gasteiger partial charge in [-0.25, -0.2) is 18.2 Å². The molecule has 4 N–H and O–H groups in total. The van der Waals surface area contributed by atoms with Gasteiger partial charge in [0.25, 0.3) is 10.0 Å². The maximum absolute atomic E-state index is 12.7. The van der Waals surface area contributed by atoms with Crippen LogP contribution in [-0.4, -0.2) is 31.6 Å². The SMILES string of the molecule is COc1ccc(NS(=O)(=O)c2ccc(-c3nc4ccc(OC(N)=O)cc4[nH]3)cc2)cc1. The van der Waals surface area contributed by atoms with Crippen molar-refractivity contribution in [1.29, 1.82) is 0 Å². The number of nitrogens with two attached hydrogens (primary N) is 1. The number of benzene rings is 3. The molecule has 0 radical (unpaired) electrons. The summed E-state index contributed by atoms with van der Waals surface area (Å²) < 4.78 is 37.8. The Hall–Kier alpha value is -4.05. The molecule has 0 aliphatic carbocycles. The molecule has 0 aliphatic rings. The van der Waals surface area contributed by atoms with Crippen molar-refractivity contribution < 1.29 is 22.7 Å². The molecular formula is C21H18N4O5S. The van der Waals surface area contributed by atoms with Crippen LogP contribution in [0.2, 0.25) is 0 Å². The first-order chi connectivity index (χ1) is 14.8. The van der Waals surface area contributed by atoms with Crippen LogP contribution in [0.3, 0.4) is 0 Å². The van der Waals surface area contributed by atoms with E-state index >= 15 is 0 Å². The molecule has 158 valence electrons. The molecule has 0 atom stereocenters. The lowest BCUT2D eigenvalue weighted by Crippen LogP contribution is -2.16. The Balaban J connectivity index is 1.56. The average Bonchev–Trinajstić information content (AvgIpc) is 3.17. The molecule has 0 bridgehead atoms. The molecular weight excluding hydrogens is 420 g/mol. The van der Waals surface area contributed by atoms with Gasteiger partial charge < -0.3 is 20.2 Å². The van der Waals surface area contributed by atoms with Crippen LogP contribution in [0.25, 0.3) is 22.4 Å². The van der Waals surface area contributed by atoms with Crippen LogP contribution in [0.5, 0.6) is 11.5 Å². The number of hydrogen-bond donors (Lipinski definition) is 3. The molecule has 9 nitrogen and oxygen atoms in total. The van der Waals surface area contributed by atoms with E-state index in [4.69, 9.17) is 15.2 Å². The van der Waals surface area contributed by atoms with Crippen molar-refractivity contribution in [3.05, 3.63) is 66.7 Å². The number of hydrogen-bond acceptors (Lipinski definition) is 6. The van der Waals surface area contributed by atoms with E-state index in [0.717, 1.165) is 0 Å². The smallest absolute Gasteiger partial charge is 0.409 e. The summed E-state index contributed by atoms with van der Waals surface area (Å²) in [6.07, 6.45) is -0.904. The van der Waals surface area contributed by atoms with Gasteiger partial charge >= 0.3 is 6.09 Å². The first-order valence-corrected chi connectivity index (χ1v) is 10.6. The number of rotatable bonds is 6. The van der Waals surface area contributed by atoms with Crippen LogP contribution in [0.4, 0.5) is 10.5 Å². The number of sulfonamides is 1. The number of H-pyrrole nitrogens is 1. The molecule has 10 heteroatoms. The maximum Gasteiger partial charge on any atom is 0.409 e. The predicted octanol–water partition coefficient (Wildman–Crippen LogP) is 3.50. The van der Waals surface area contributed by atoms with E-state index < -0.39 is 16.1 Å². The topological polar surface area (TPSA) is 136 Å². The second kappa shape index (κ2) is 8.00. The third-order valence-corrected chi connectivity index (χ3v) is 5.85. The van der Waals surface area contributed by atoms with Gasteiger partial charge in [-0.3, -0.25) is 4.72 Å². The molecule has 4 rings (SSSR count). The maximum atomic E-state index is 12.7. The molecule has 4 aromatic rings. The monoisotopic (exact) mass is 438 g/mol. The van der Waals surface area contributed by atoms with E-state index in [1.165, 1.54) is 19.2 Å². The van der Waals surface area contributed by atoms with Crippen molar-refractivity contribution in [2.75, 3.05) is 11.8 Å². The summed E-state index contributed by atoms with van der Waals surface area (Å²) in [5.74, 6) is 1.46. The zero-order valence-corrected chi connectivity index (χ0v) is 17.1. The van der Waals surface area contributed by atoms with Crippen molar-refractivity contribution in [3.63, 3.8) is 0 Å². The number of carbonyl (C=O) groups excluding carboxylic acids is 1. The molecule has 0 aliphatic heterocycles. The average molecular weight is 438 g/mol. The quantitative estimate of drug-likeness (QED) is 0.421. The number of anilines is 1. The van der Waals surface area contributed by atoms with E-state index in [0.29, 0.717) is 39.6 Å². The molecule has 1 aromatic heterocycles. The van der Waals surface area contributed by atoms with Crippen molar-refractivity contribution in [1.82, 2.24) is 9.97 Å².